The average molecular weight is 429 g/mol. The number of morpholine rings is 1. The predicted molar refractivity (Wildman–Crippen MR) is 119 cm³/mol. The zero-order valence-corrected chi connectivity index (χ0v) is 17.2. The van der Waals surface area contributed by atoms with Crippen LogP contribution in [0, 0.1) is 5.82 Å². The fourth-order valence-electron chi connectivity index (χ4n) is 3.77. The highest BCUT2D eigenvalue weighted by atomic mass is 19.1. The van der Waals surface area contributed by atoms with Crippen molar-refractivity contribution in [2.45, 2.75) is 0 Å². The van der Waals surface area contributed by atoms with Crippen molar-refractivity contribution in [1.29, 1.82) is 0 Å². The largest absolute Gasteiger partial charge is 0.378 e. The highest BCUT2D eigenvalue weighted by Gasteiger charge is 2.20. The lowest BCUT2D eigenvalue weighted by atomic mass is 10.00. The van der Waals surface area contributed by atoms with E-state index in [9.17, 15) is 4.79 Å². The first-order valence-electron chi connectivity index (χ1n) is 10.3. The molecule has 4 aromatic rings. The Balaban J connectivity index is 1.47. The number of ether oxygens (including phenoxy) is 1. The number of aromatic nitrogens is 3. The van der Waals surface area contributed by atoms with Crippen molar-refractivity contribution in [3.63, 3.8) is 0 Å². The van der Waals surface area contributed by atoms with Crippen molar-refractivity contribution < 1.29 is 13.9 Å². The number of anilines is 2. The van der Waals surface area contributed by atoms with Crippen LogP contribution in [-0.4, -0.2) is 52.1 Å². The first-order chi connectivity index (χ1) is 15.7. The SMILES string of the molecule is O=C(c1ccc(-c2ccc3nccc(Nc4cncnc4)c3c2)c(F)c1)N1CCOCC1. The summed E-state index contributed by atoms with van der Waals surface area (Å²) >= 11 is 0. The van der Waals surface area contributed by atoms with Crippen molar-refractivity contribution in [3.05, 3.63) is 78.8 Å². The third-order valence-corrected chi connectivity index (χ3v) is 5.41. The Bertz CT molecular complexity index is 1280. The summed E-state index contributed by atoms with van der Waals surface area (Å²) in [5.41, 5.74) is 3.77. The molecule has 0 unspecified atom stereocenters. The van der Waals surface area contributed by atoms with E-state index in [4.69, 9.17) is 4.74 Å². The van der Waals surface area contributed by atoms with Gasteiger partial charge in [-0.25, -0.2) is 14.4 Å². The van der Waals surface area contributed by atoms with E-state index >= 15 is 4.39 Å². The molecule has 160 valence electrons. The fourth-order valence-corrected chi connectivity index (χ4v) is 3.77. The highest BCUT2D eigenvalue weighted by Crippen LogP contribution is 2.31. The Morgan fingerprint density at radius 2 is 1.84 bits per heavy atom. The van der Waals surface area contributed by atoms with Crippen LogP contribution < -0.4 is 5.32 Å². The number of nitrogens with one attached hydrogen (secondary N) is 1. The van der Waals surface area contributed by atoms with Gasteiger partial charge in [0.15, 0.2) is 0 Å². The molecule has 3 heterocycles. The van der Waals surface area contributed by atoms with Gasteiger partial charge in [0, 0.05) is 41.5 Å². The van der Waals surface area contributed by atoms with Crippen LogP contribution in [0.3, 0.4) is 0 Å². The zero-order chi connectivity index (χ0) is 21.9. The van der Waals surface area contributed by atoms with E-state index in [1.807, 2.05) is 24.3 Å². The quantitative estimate of drug-likeness (QED) is 0.527. The van der Waals surface area contributed by atoms with Crippen LogP contribution in [0.5, 0.6) is 0 Å². The molecule has 1 saturated heterocycles. The molecule has 0 bridgehead atoms. The lowest BCUT2D eigenvalue weighted by Gasteiger charge is -2.27. The number of benzene rings is 2. The summed E-state index contributed by atoms with van der Waals surface area (Å²) < 4.78 is 20.4. The second-order valence-corrected chi connectivity index (χ2v) is 7.44. The number of rotatable bonds is 4. The molecule has 2 aromatic carbocycles. The Hall–Kier alpha value is -3.91. The number of fused-ring (bicyclic) bond motifs is 1. The molecule has 1 aliphatic heterocycles. The van der Waals surface area contributed by atoms with Crippen LogP contribution in [0.4, 0.5) is 15.8 Å². The lowest BCUT2D eigenvalue weighted by Crippen LogP contribution is -2.40. The molecular formula is C24H20FN5O2. The third kappa shape index (κ3) is 4.00. The fraction of sp³-hybridized carbons (Fsp3) is 0.167. The predicted octanol–water partition coefficient (Wildman–Crippen LogP) is 4.05. The summed E-state index contributed by atoms with van der Waals surface area (Å²) in [6.07, 6.45) is 6.52. The number of nitrogens with zero attached hydrogens (tertiary/aromatic N) is 4. The van der Waals surface area contributed by atoms with E-state index in [0.29, 0.717) is 43.0 Å². The standard InChI is InChI=1S/C24H20FN5O2/c25-21-12-17(24(31)30-7-9-32-10-8-30)1-3-19(21)16-2-4-22-20(11-16)23(5-6-28-22)29-18-13-26-15-27-14-18/h1-6,11-15H,7-10H2,(H,28,29). The molecule has 0 spiro atoms. The van der Waals surface area contributed by atoms with Crippen molar-refractivity contribution in [2.24, 2.45) is 0 Å². The number of pyridine rings is 1. The monoisotopic (exact) mass is 429 g/mol. The van der Waals surface area contributed by atoms with Crippen molar-refractivity contribution in [3.8, 4) is 11.1 Å². The zero-order valence-electron chi connectivity index (χ0n) is 17.2. The molecule has 0 radical (unpaired) electrons. The van der Waals surface area contributed by atoms with Gasteiger partial charge < -0.3 is 15.0 Å². The molecule has 0 saturated carbocycles. The maximum absolute atomic E-state index is 15.1. The van der Waals surface area contributed by atoms with E-state index in [1.165, 1.54) is 12.4 Å². The Labute approximate surface area is 183 Å². The number of halogens is 1. The molecule has 1 N–H and O–H groups in total. The molecule has 0 atom stereocenters. The van der Waals surface area contributed by atoms with Gasteiger partial charge >= 0.3 is 0 Å². The minimum atomic E-state index is -0.446. The maximum Gasteiger partial charge on any atom is 0.254 e. The molecule has 8 heteroatoms. The molecule has 32 heavy (non-hydrogen) atoms. The number of hydrogen-bond donors (Lipinski definition) is 1. The van der Waals surface area contributed by atoms with Crippen LogP contribution in [0.15, 0.2) is 67.4 Å². The van der Waals surface area contributed by atoms with Crippen LogP contribution in [0.2, 0.25) is 0 Å². The first-order valence-corrected chi connectivity index (χ1v) is 10.3. The van der Waals surface area contributed by atoms with Crippen LogP contribution in [0.25, 0.3) is 22.0 Å². The summed E-state index contributed by atoms with van der Waals surface area (Å²) in [6.45, 7) is 2.04. The van der Waals surface area contributed by atoms with E-state index in [1.54, 1.807) is 35.6 Å². The van der Waals surface area contributed by atoms with Crippen LogP contribution in [-0.2, 0) is 4.74 Å². The Morgan fingerprint density at radius 1 is 1.03 bits per heavy atom. The van der Waals surface area contributed by atoms with Gasteiger partial charge in [-0.05, 0) is 35.9 Å². The number of carbonyl (C=O) groups excluding carboxylic acids is 1. The van der Waals surface area contributed by atoms with Gasteiger partial charge in [0.2, 0.25) is 0 Å². The minimum Gasteiger partial charge on any atom is -0.378 e. The number of amides is 1. The second kappa shape index (κ2) is 8.68. The molecule has 2 aromatic heterocycles. The van der Waals surface area contributed by atoms with Crippen molar-refractivity contribution in [2.75, 3.05) is 31.6 Å². The van der Waals surface area contributed by atoms with Gasteiger partial charge in [0.25, 0.3) is 5.91 Å². The summed E-state index contributed by atoms with van der Waals surface area (Å²) in [5.74, 6) is -0.628. The van der Waals surface area contributed by atoms with Crippen LogP contribution in [0.1, 0.15) is 10.4 Å². The Morgan fingerprint density at radius 3 is 2.62 bits per heavy atom. The summed E-state index contributed by atoms with van der Waals surface area (Å²) in [5, 5.41) is 4.12. The van der Waals surface area contributed by atoms with Gasteiger partial charge in [-0.1, -0.05) is 12.1 Å². The van der Waals surface area contributed by atoms with E-state index in [2.05, 4.69) is 20.3 Å². The normalized spacial score (nSPS) is 13.8. The van der Waals surface area contributed by atoms with Crippen molar-refractivity contribution >= 4 is 28.2 Å². The van der Waals surface area contributed by atoms with E-state index in [0.717, 1.165) is 22.3 Å². The molecule has 5 rings (SSSR count). The molecule has 1 fully saturated rings. The molecule has 1 aliphatic rings. The minimum absolute atomic E-state index is 0.182. The summed E-state index contributed by atoms with van der Waals surface area (Å²) in [7, 11) is 0. The van der Waals surface area contributed by atoms with Crippen molar-refractivity contribution in [1.82, 2.24) is 19.9 Å². The lowest BCUT2D eigenvalue weighted by molar-refractivity contribution is 0.0302. The maximum atomic E-state index is 15.1. The van der Waals surface area contributed by atoms with E-state index < -0.39 is 5.82 Å². The van der Waals surface area contributed by atoms with Gasteiger partial charge in [0.1, 0.15) is 12.1 Å². The number of carbonyl (C=O) groups is 1. The second-order valence-electron chi connectivity index (χ2n) is 7.44. The van der Waals surface area contributed by atoms with Gasteiger partial charge in [-0.3, -0.25) is 9.78 Å². The molecule has 1 amide bonds. The number of hydrogen-bond acceptors (Lipinski definition) is 6. The van der Waals surface area contributed by atoms with Gasteiger partial charge in [0.05, 0.1) is 36.8 Å². The first kappa shape index (κ1) is 20.0. The molecule has 0 aliphatic carbocycles. The third-order valence-electron chi connectivity index (χ3n) is 5.41. The van der Waals surface area contributed by atoms with Crippen LogP contribution >= 0.6 is 0 Å². The topological polar surface area (TPSA) is 80.2 Å². The summed E-state index contributed by atoms with van der Waals surface area (Å²) in [6, 6.07) is 12.0. The van der Waals surface area contributed by atoms with E-state index in [-0.39, 0.29) is 5.91 Å². The highest BCUT2D eigenvalue weighted by molar-refractivity contribution is 5.97. The summed E-state index contributed by atoms with van der Waals surface area (Å²) in [4.78, 5) is 26.8. The van der Waals surface area contributed by atoms with Gasteiger partial charge in [-0.2, -0.15) is 0 Å². The smallest absolute Gasteiger partial charge is 0.254 e. The van der Waals surface area contributed by atoms with Gasteiger partial charge in [-0.15, -0.1) is 0 Å². The molecular weight excluding hydrogens is 409 g/mol. The Kier molecular flexibility index (Phi) is 5.43. The average Bonchev–Trinajstić information content (AvgIpc) is 2.85. The molecule has 7 nitrogen and oxygen atoms in total.